The lowest BCUT2D eigenvalue weighted by Crippen LogP contribution is -2.47. The zero-order valence-electron chi connectivity index (χ0n) is 11.9. The molecule has 2 atom stereocenters. The van der Waals surface area contributed by atoms with E-state index >= 15 is 0 Å². The summed E-state index contributed by atoms with van der Waals surface area (Å²) in [5.41, 5.74) is 1.22. The predicted molar refractivity (Wildman–Crippen MR) is 77.9 cm³/mol. The second-order valence-corrected chi connectivity index (χ2v) is 5.41. The molecule has 0 bridgehead atoms. The molecule has 19 heavy (non-hydrogen) atoms. The minimum Gasteiger partial charge on any atom is -0.341 e. The summed E-state index contributed by atoms with van der Waals surface area (Å²) in [5.74, 6) is 0.238. The van der Waals surface area contributed by atoms with E-state index in [1.54, 1.807) is 0 Å². The number of nitrogens with zero attached hydrogens (tertiary/aromatic N) is 1. The van der Waals surface area contributed by atoms with Crippen LogP contribution in [0.2, 0.25) is 0 Å². The van der Waals surface area contributed by atoms with E-state index in [9.17, 15) is 4.79 Å². The number of carbonyl (C=O) groups is 1. The molecule has 1 fully saturated rings. The van der Waals surface area contributed by atoms with Gasteiger partial charge in [0.15, 0.2) is 0 Å². The predicted octanol–water partition coefficient (Wildman–Crippen LogP) is 2.74. The van der Waals surface area contributed by atoms with Crippen LogP contribution in [0.4, 0.5) is 0 Å². The molecule has 1 heterocycles. The highest BCUT2D eigenvalue weighted by Gasteiger charge is 2.23. The lowest BCUT2D eigenvalue weighted by molar-refractivity contribution is -0.134. The van der Waals surface area contributed by atoms with Crippen molar-refractivity contribution < 1.29 is 4.79 Å². The van der Waals surface area contributed by atoms with Gasteiger partial charge in [0.2, 0.25) is 5.91 Å². The molecule has 0 aromatic heterocycles. The van der Waals surface area contributed by atoms with E-state index in [-0.39, 0.29) is 18.0 Å². The van der Waals surface area contributed by atoms with Crippen LogP contribution in [0.25, 0.3) is 0 Å². The summed E-state index contributed by atoms with van der Waals surface area (Å²) < 4.78 is 0. The molecule has 1 N–H and O–H groups in total. The fraction of sp³-hybridized carbons (Fsp3) is 0.562. The van der Waals surface area contributed by atoms with E-state index < -0.39 is 0 Å². The molecule has 2 unspecified atom stereocenters. The third kappa shape index (κ3) is 3.80. The first-order valence-corrected chi connectivity index (χ1v) is 7.28. The van der Waals surface area contributed by atoms with E-state index in [1.807, 2.05) is 30.0 Å². The summed E-state index contributed by atoms with van der Waals surface area (Å²) in [4.78, 5) is 14.3. The van der Waals surface area contributed by atoms with Crippen molar-refractivity contribution in [2.24, 2.45) is 0 Å². The summed E-state index contributed by atoms with van der Waals surface area (Å²) in [7, 11) is 0. The van der Waals surface area contributed by atoms with Gasteiger partial charge in [-0.1, -0.05) is 30.3 Å². The molecule has 1 aliphatic heterocycles. The third-order valence-corrected chi connectivity index (χ3v) is 3.84. The number of hydrogen-bond acceptors (Lipinski definition) is 2. The molecule has 3 nitrogen and oxygen atoms in total. The van der Waals surface area contributed by atoms with Gasteiger partial charge in [-0.25, -0.2) is 0 Å². The topological polar surface area (TPSA) is 32.3 Å². The summed E-state index contributed by atoms with van der Waals surface area (Å²) >= 11 is 0. The van der Waals surface area contributed by atoms with Crippen LogP contribution in [0.3, 0.4) is 0 Å². The molecule has 1 aliphatic rings. The average molecular weight is 260 g/mol. The highest BCUT2D eigenvalue weighted by atomic mass is 16.2. The summed E-state index contributed by atoms with van der Waals surface area (Å²) in [6, 6.07) is 10.3. The second kappa shape index (κ2) is 6.71. The van der Waals surface area contributed by atoms with Gasteiger partial charge in [-0.3, -0.25) is 10.1 Å². The van der Waals surface area contributed by atoms with Gasteiger partial charge in [0.05, 0.1) is 6.04 Å². The number of carbonyl (C=O) groups excluding carboxylic acids is 1. The van der Waals surface area contributed by atoms with Gasteiger partial charge in [-0.15, -0.1) is 0 Å². The fourth-order valence-electron chi connectivity index (χ4n) is 2.67. The first-order valence-electron chi connectivity index (χ1n) is 7.28. The highest BCUT2D eigenvalue weighted by molar-refractivity contribution is 5.81. The molecule has 0 saturated carbocycles. The van der Waals surface area contributed by atoms with Crippen molar-refractivity contribution in [2.45, 2.75) is 45.2 Å². The third-order valence-electron chi connectivity index (χ3n) is 3.84. The molecule has 1 saturated heterocycles. The maximum atomic E-state index is 12.3. The van der Waals surface area contributed by atoms with Crippen LogP contribution in [0.5, 0.6) is 0 Å². The number of nitrogens with one attached hydrogen (secondary N) is 1. The molecule has 0 aliphatic carbocycles. The number of likely N-dealkylation sites (tertiary alicyclic amines) is 1. The maximum Gasteiger partial charge on any atom is 0.239 e. The first kappa shape index (κ1) is 14.1. The molecule has 104 valence electrons. The molecule has 1 aromatic carbocycles. The zero-order valence-corrected chi connectivity index (χ0v) is 11.9. The molecule has 2 rings (SSSR count). The van der Waals surface area contributed by atoms with Crippen LogP contribution in [-0.4, -0.2) is 29.9 Å². The Labute approximate surface area is 116 Å². The Balaban J connectivity index is 1.89. The number of hydrogen-bond donors (Lipinski definition) is 1. The monoisotopic (exact) mass is 260 g/mol. The smallest absolute Gasteiger partial charge is 0.239 e. The van der Waals surface area contributed by atoms with Crippen molar-refractivity contribution in [1.29, 1.82) is 0 Å². The second-order valence-electron chi connectivity index (χ2n) is 5.41. The summed E-state index contributed by atoms with van der Waals surface area (Å²) in [6.45, 7) is 5.92. The van der Waals surface area contributed by atoms with Crippen molar-refractivity contribution in [3.05, 3.63) is 35.9 Å². The highest BCUT2D eigenvalue weighted by Crippen LogP contribution is 2.14. The van der Waals surface area contributed by atoms with E-state index in [2.05, 4.69) is 24.4 Å². The molecular weight excluding hydrogens is 236 g/mol. The van der Waals surface area contributed by atoms with Crippen LogP contribution in [0.1, 0.15) is 44.7 Å². The van der Waals surface area contributed by atoms with Crippen molar-refractivity contribution >= 4 is 5.91 Å². The minimum absolute atomic E-state index is 0.117. The van der Waals surface area contributed by atoms with Crippen molar-refractivity contribution in [3.63, 3.8) is 0 Å². The maximum absolute atomic E-state index is 12.3. The van der Waals surface area contributed by atoms with Crippen molar-refractivity contribution in [1.82, 2.24) is 10.2 Å². The number of benzene rings is 1. The lowest BCUT2D eigenvalue weighted by atomic mass is 10.1. The Bertz CT molecular complexity index is 398. The van der Waals surface area contributed by atoms with Crippen LogP contribution in [0.15, 0.2) is 30.3 Å². The normalized spacial score (nSPS) is 18.9. The standard InChI is InChI=1S/C16H24N2O/c1-13(15-9-5-3-6-10-15)17-14(2)16(19)18-11-7-4-8-12-18/h3,5-6,9-10,13-14,17H,4,7-8,11-12H2,1-2H3. The molecule has 3 heteroatoms. The molecule has 0 spiro atoms. The van der Waals surface area contributed by atoms with Crippen LogP contribution in [0, 0.1) is 0 Å². The van der Waals surface area contributed by atoms with Gasteiger partial charge in [-0.2, -0.15) is 0 Å². The molecule has 1 aromatic rings. The van der Waals surface area contributed by atoms with Gasteiger partial charge in [-0.05, 0) is 38.7 Å². The fourth-order valence-corrected chi connectivity index (χ4v) is 2.67. The van der Waals surface area contributed by atoms with Gasteiger partial charge in [0.25, 0.3) is 0 Å². The van der Waals surface area contributed by atoms with Crippen LogP contribution >= 0.6 is 0 Å². The number of piperidine rings is 1. The van der Waals surface area contributed by atoms with E-state index in [1.165, 1.54) is 12.0 Å². The number of rotatable bonds is 4. The van der Waals surface area contributed by atoms with E-state index in [0.717, 1.165) is 25.9 Å². The van der Waals surface area contributed by atoms with Crippen LogP contribution in [-0.2, 0) is 4.79 Å². The molecule has 1 amide bonds. The Morgan fingerprint density at radius 2 is 1.74 bits per heavy atom. The van der Waals surface area contributed by atoms with Crippen LogP contribution < -0.4 is 5.32 Å². The summed E-state index contributed by atoms with van der Waals surface area (Å²) in [5, 5.41) is 3.40. The van der Waals surface area contributed by atoms with E-state index in [4.69, 9.17) is 0 Å². The Morgan fingerprint density at radius 1 is 1.11 bits per heavy atom. The summed E-state index contributed by atoms with van der Waals surface area (Å²) in [6.07, 6.45) is 3.55. The zero-order chi connectivity index (χ0) is 13.7. The SMILES string of the molecule is CC(NC(C)c1ccccc1)C(=O)N1CCCCC1. The lowest BCUT2D eigenvalue weighted by Gasteiger charge is -2.30. The Morgan fingerprint density at radius 3 is 2.37 bits per heavy atom. The largest absolute Gasteiger partial charge is 0.341 e. The van der Waals surface area contributed by atoms with Gasteiger partial charge in [0, 0.05) is 19.1 Å². The Kier molecular flexibility index (Phi) is 4.97. The van der Waals surface area contributed by atoms with Gasteiger partial charge < -0.3 is 4.90 Å². The Hall–Kier alpha value is -1.35. The minimum atomic E-state index is -0.117. The van der Waals surface area contributed by atoms with Crippen molar-refractivity contribution in [3.8, 4) is 0 Å². The quantitative estimate of drug-likeness (QED) is 0.903. The molecule has 0 radical (unpaired) electrons. The molecular formula is C16H24N2O. The average Bonchev–Trinajstić information content (AvgIpc) is 2.48. The number of amides is 1. The van der Waals surface area contributed by atoms with Crippen molar-refractivity contribution in [2.75, 3.05) is 13.1 Å². The first-order chi connectivity index (χ1) is 9.18. The van der Waals surface area contributed by atoms with E-state index in [0.29, 0.717) is 0 Å². The van der Waals surface area contributed by atoms with Gasteiger partial charge in [0.1, 0.15) is 0 Å². The van der Waals surface area contributed by atoms with Gasteiger partial charge >= 0.3 is 0 Å².